The summed E-state index contributed by atoms with van der Waals surface area (Å²) in [5.74, 6) is 0. The number of halogens is 1. The Kier molecular flexibility index (Phi) is 5.17. The molecule has 0 saturated heterocycles. The van der Waals surface area contributed by atoms with Crippen molar-refractivity contribution < 1.29 is 0 Å². The summed E-state index contributed by atoms with van der Waals surface area (Å²) in [4.78, 5) is 2.20. The van der Waals surface area contributed by atoms with Gasteiger partial charge in [-0.2, -0.15) is 5.26 Å². The van der Waals surface area contributed by atoms with Crippen LogP contribution < -0.4 is 0 Å². The van der Waals surface area contributed by atoms with Crippen molar-refractivity contribution in [1.29, 1.82) is 5.26 Å². The highest BCUT2D eigenvalue weighted by Gasteiger charge is 2.30. The van der Waals surface area contributed by atoms with Crippen LogP contribution in [0.4, 0.5) is 0 Å². The maximum absolute atomic E-state index is 9.46. The van der Waals surface area contributed by atoms with Gasteiger partial charge in [-0.3, -0.25) is 4.90 Å². The third-order valence-electron chi connectivity index (χ3n) is 3.19. The van der Waals surface area contributed by atoms with E-state index >= 15 is 0 Å². The van der Waals surface area contributed by atoms with Gasteiger partial charge in [-0.1, -0.05) is 48.0 Å². The van der Waals surface area contributed by atoms with Crippen molar-refractivity contribution in [2.45, 2.75) is 32.7 Å². The van der Waals surface area contributed by atoms with E-state index in [1.54, 1.807) is 0 Å². The van der Waals surface area contributed by atoms with Crippen LogP contribution >= 0.6 is 15.9 Å². The summed E-state index contributed by atoms with van der Waals surface area (Å²) in [6.07, 6.45) is 0.743. The summed E-state index contributed by atoms with van der Waals surface area (Å²) in [5, 5.41) is 9.46. The maximum atomic E-state index is 9.46. The van der Waals surface area contributed by atoms with Gasteiger partial charge in [-0.05, 0) is 31.6 Å². The molecule has 0 aliphatic rings. The summed E-state index contributed by atoms with van der Waals surface area (Å²) in [6, 6.07) is 10.6. The molecular formula is C14H19BrN2. The molecular weight excluding hydrogens is 276 g/mol. The first-order chi connectivity index (χ1) is 8.07. The number of hydrogen-bond donors (Lipinski definition) is 0. The van der Waals surface area contributed by atoms with E-state index < -0.39 is 5.54 Å². The van der Waals surface area contributed by atoms with Crippen LogP contribution in [0.1, 0.15) is 26.3 Å². The van der Waals surface area contributed by atoms with Crippen LogP contribution in [-0.2, 0) is 6.42 Å². The highest BCUT2D eigenvalue weighted by Crippen LogP contribution is 2.25. The van der Waals surface area contributed by atoms with E-state index in [-0.39, 0.29) is 0 Å². The Labute approximate surface area is 112 Å². The second-order valence-corrected chi connectivity index (χ2v) is 5.18. The van der Waals surface area contributed by atoms with E-state index in [9.17, 15) is 5.26 Å². The van der Waals surface area contributed by atoms with Gasteiger partial charge < -0.3 is 0 Å². The van der Waals surface area contributed by atoms with Crippen LogP contribution in [0.25, 0.3) is 0 Å². The Hall–Kier alpha value is -0.850. The monoisotopic (exact) mass is 294 g/mol. The third-order valence-corrected chi connectivity index (χ3v) is 3.97. The fourth-order valence-corrected chi connectivity index (χ4v) is 2.58. The Bertz CT molecular complexity index is 407. The molecule has 0 amide bonds. The Morgan fingerprint density at radius 2 is 1.88 bits per heavy atom. The van der Waals surface area contributed by atoms with Crippen molar-refractivity contribution in [3.8, 4) is 6.07 Å². The highest BCUT2D eigenvalue weighted by atomic mass is 79.9. The molecule has 0 aliphatic heterocycles. The molecule has 0 aromatic heterocycles. The number of hydrogen-bond acceptors (Lipinski definition) is 2. The normalized spacial score (nSPS) is 14.4. The van der Waals surface area contributed by atoms with Crippen molar-refractivity contribution in [3.63, 3.8) is 0 Å². The molecule has 1 aromatic rings. The van der Waals surface area contributed by atoms with E-state index in [0.29, 0.717) is 0 Å². The third kappa shape index (κ3) is 3.31. The molecule has 0 spiro atoms. The molecule has 1 rings (SSSR count). The molecule has 0 heterocycles. The molecule has 0 fully saturated rings. The first kappa shape index (κ1) is 14.2. The highest BCUT2D eigenvalue weighted by molar-refractivity contribution is 9.10. The van der Waals surface area contributed by atoms with Crippen molar-refractivity contribution in [1.82, 2.24) is 4.90 Å². The summed E-state index contributed by atoms with van der Waals surface area (Å²) in [7, 11) is 0. The van der Waals surface area contributed by atoms with Crippen molar-refractivity contribution in [3.05, 3.63) is 34.3 Å². The molecule has 3 heteroatoms. The largest absolute Gasteiger partial charge is 0.286 e. The maximum Gasteiger partial charge on any atom is 0.110 e. The number of rotatable bonds is 5. The summed E-state index contributed by atoms with van der Waals surface area (Å²) < 4.78 is 1.08. The SMILES string of the molecule is CCN(CC)C(C)(C#N)Cc1ccccc1Br. The van der Waals surface area contributed by atoms with Crippen LogP contribution in [0.5, 0.6) is 0 Å². The van der Waals surface area contributed by atoms with Gasteiger partial charge in [0.25, 0.3) is 0 Å². The molecule has 1 unspecified atom stereocenters. The fourth-order valence-electron chi connectivity index (χ4n) is 2.16. The van der Waals surface area contributed by atoms with Gasteiger partial charge in [-0.25, -0.2) is 0 Å². The van der Waals surface area contributed by atoms with Crippen LogP contribution in [0.3, 0.4) is 0 Å². The van der Waals surface area contributed by atoms with Crippen molar-refractivity contribution in [2.24, 2.45) is 0 Å². The zero-order valence-electron chi connectivity index (χ0n) is 10.7. The average Bonchev–Trinajstić information content (AvgIpc) is 2.33. The molecule has 2 nitrogen and oxygen atoms in total. The lowest BCUT2D eigenvalue weighted by molar-refractivity contribution is 0.169. The molecule has 17 heavy (non-hydrogen) atoms. The first-order valence-corrected chi connectivity index (χ1v) is 6.76. The van der Waals surface area contributed by atoms with Crippen LogP contribution in [0.2, 0.25) is 0 Å². The minimum Gasteiger partial charge on any atom is -0.286 e. The number of benzene rings is 1. The smallest absolute Gasteiger partial charge is 0.110 e. The van der Waals surface area contributed by atoms with Gasteiger partial charge in [0.15, 0.2) is 0 Å². The molecule has 1 atom stereocenters. The first-order valence-electron chi connectivity index (χ1n) is 5.97. The standard InChI is InChI=1S/C14H19BrN2/c1-4-17(5-2)14(3,11-16)10-12-8-6-7-9-13(12)15/h6-9H,4-5,10H2,1-3H3. The van der Waals surface area contributed by atoms with Gasteiger partial charge in [0.2, 0.25) is 0 Å². The van der Waals surface area contributed by atoms with Gasteiger partial charge >= 0.3 is 0 Å². The van der Waals surface area contributed by atoms with E-state index in [2.05, 4.69) is 46.8 Å². The van der Waals surface area contributed by atoms with Crippen molar-refractivity contribution >= 4 is 15.9 Å². The van der Waals surface area contributed by atoms with Crippen LogP contribution in [-0.4, -0.2) is 23.5 Å². The van der Waals surface area contributed by atoms with Crippen LogP contribution in [0, 0.1) is 11.3 Å². The predicted molar refractivity (Wildman–Crippen MR) is 74.8 cm³/mol. The van der Waals surface area contributed by atoms with Crippen molar-refractivity contribution in [2.75, 3.05) is 13.1 Å². The lowest BCUT2D eigenvalue weighted by Gasteiger charge is -2.34. The molecule has 0 bridgehead atoms. The summed E-state index contributed by atoms with van der Waals surface area (Å²) >= 11 is 3.54. The number of nitriles is 1. The quantitative estimate of drug-likeness (QED) is 0.829. The van der Waals surface area contributed by atoms with Gasteiger partial charge in [0, 0.05) is 10.9 Å². The molecule has 0 N–H and O–H groups in total. The second kappa shape index (κ2) is 6.18. The van der Waals surface area contributed by atoms with E-state index in [0.717, 1.165) is 24.0 Å². The fraction of sp³-hybridized carbons (Fsp3) is 0.500. The topological polar surface area (TPSA) is 27.0 Å². The zero-order chi connectivity index (χ0) is 12.9. The van der Waals surface area contributed by atoms with Gasteiger partial charge in [-0.15, -0.1) is 0 Å². The molecule has 0 saturated carbocycles. The van der Waals surface area contributed by atoms with E-state index in [1.165, 1.54) is 5.56 Å². The zero-order valence-corrected chi connectivity index (χ0v) is 12.3. The summed E-state index contributed by atoms with van der Waals surface area (Å²) in [6.45, 7) is 7.99. The van der Waals surface area contributed by atoms with Gasteiger partial charge in [0.1, 0.15) is 5.54 Å². The van der Waals surface area contributed by atoms with Gasteiger partial charge in [0.05, 0.1) is 6.07 Å². The Balaban J connectivity index is 2.98. The average molecular weight is 295 g/mol. The molecule has 0 aliphatic carbocycles. The molecule has 1 aromatic carbocycles. The predicted octanol–water partition coefficient (Wildman–Crippen LogP) is 3.62. The minimum atomic E-state index is -0.437. The number of nitrogens with zero attached hydrogens (tertiary/aromatic N) is 2. The Morgan fingerprint density at radius 3 is 2.35 bits per heavy atom. The molecule has 0 radical (unpaired) electrons. The summed E-state index contributed by atoms with van der Waals surface area (Å²) in [5.41, 5.74) is 0.747. The Morgan fingerprint density at radius 1 is 1.29 bits per heavy atom. The lowest BCUT2D eigenvalue weighted by Crippen LogP contribution is -2.46. The van der Waals surface area contributed by atoms with E-state index in [1.807, 2.05) is 25.1 Å². The number of likely N-dealkylation sites (N-methyl/N-ethyl adjacent to an activating group) is 1. The lowest BCUT2D eigenvalue weighted by atomic mass is 9.92. The van der Waals surface area contributed by atoms with Crippen LogP contribution in [0.15, 0.2) is 28.7 Å². The van der Waals surface area contributed by atoms with E-state index in [4.69, 9.17) is 0 Å². The minimum absolute atomic E-state index is 0.437. The second-order valence-electron chi connectivity index (χ2n) is 4.33. The molecule has 92 valence electrons.